The maximum Gasteiger partial charge on any atom is 0.114 e. The highest BCUT2D eigenvalue weighted by Crippen LogP contribution is 2.24. The highest BCUT2D eigenvalue weighted by Gasteiger charge is 2.15. The van der Waals surface area contributed by atoms with E-state index in [1.165, 1.54) is 18.3 Å². The molecule has 0 fully saturated rings. The molecule has 0 bridgehead atoms. The van der Waals surface area contributed by atoms with Crippen LogP contribution in [-0.2, 0) is 0 Å². The van der Waals surface area contributed by atoms with Gasteiger partial charge >= 0.3 is 0 Å². The van der Waals surface area contributed by atoms with E-state index < -0.39 is 12.2 Å². The van der Waals surface area contributed by atoms with Gasteiger partial charge in [-0.15, -0.1) is 11.3 Å². The second kappa shape index (κ2) is 3.68. The molecule has 1 heterocycles. The number of rotatable bonds is 2. The fraction of sp³-hybridized carbons (Fsp3) is 0.375. The molecule has 1 aromatic heterocycles. The van der Waals surface area contributed by atoms with Crippen molar-refractivity contribution in [3.05, 3.63) is 21.9 Å². The van der Waals surface area contributed by atoms with Gasteiger partial charge in [0.1, 0.15) is 17.1 Å². The van der Waals surface area contributed by atoms with Crippen LogP contribution in [0.5, 0.6) is 0 Å². The van der Waals surface area contributed by atoms with Crippen molar-refractivity contribution in [3.63, 3.8) is 0 Å². The molecule has 0 spiro atoms. The zero-order chi connectivity index (χ0) is 9.14. The van der Waals surface area contributed by atoms with Crippen LogP contribution in [0.25, 0.3) is 0 Å². The summed E-state index contributed by atoms with van der Waals surface area (Å²) >= 11 is 1.20. The lowest BCUT2D eigenvalue weighted by Crippen LogP contribution is -2.12. The first-order valence-electron chi connectivity index (χ1n) is 3.51. The van der Waals surface area contributed by atoms with Gasteiger partial charge in [0.2, 0.25) is 0 Å². The molecule has 0 aromatic carbocycles. The van der Waals surface area contributed by atoms with Crippen LogP contribution < -0.4 is 0 Å². The van der Waals surface area contributed by atoms with E-state index in [0.717, 1.165) is 0 Å². The van der Waals surface area contributed by atoms with Crippen molar-refractivity contribution < 1.29 is 10.2 Å². The standard InChI is InChI=1S/C8H9NO2S/c1-5(10)8(11)7-3-2-6(4-9)12-7/h2-3,5,8,10-11H,1H3. The van der Waals surface area contributed by atoms with Gasteiger partial charge < -0.3 is 10.2 Å². The van der Waals surface area contributed by atoms with Gasteiger partial charge in [-0.25, -0.2) is 0 Å². The number of nitriles is 1. The van der Waals surface area contributed by atoms with Crippen molar-refractivity contribution in [2.75, 3.05) is 0 Å². The maximum absolute atomic E-state index is 9.36. The predicted molar refractivity (Wildman–Crippen MR) is 45.7 cm³/mol. The lowest BCUT2D eigenvalue weighted by molar-refractivity contribution is 0.0328. The summed E-state index contributed by atoms with van der Waals surface area (Å²) in [6.45, 7) is 1.51. The third kappa shape index (κ3) is 1.83. The van der Waals surface area contributed by atoms with E-state index in [1.807, 2.05) is 6.07 Å². The van der Waals surface area contributed by atoms with Crippen molar-refractivity contribution in [2.45, 2.75) is 19.1 Å². The molecule has 4 heteroatoms. The Morgan fingerprint density at radius 3 is 2.58 bits per heavy atom. The number of hydrogen-bond acceptors (Lipinski definition) is 4. The fourth-order valence-electron chi connectivity index (χ4n) is 0.810. The quantitative estimate of drug-likeness (QED) is 0.719. The molecular formula is C8H9NO2S. The molecule has 2 unspecified atom stereocenters. The SMILES string of the molecule is CC(O)C(O)c1ccc(C#N)s1. The summed E-state index contributed by atoms with van der Waals surface area (Å²) < 4.78 is 0. The third-order valence-electron chi connectivity index (χ3n) is 1.49. The Balaban J connectivity index is 2.83. The summed E-state index contributed by atoms with van der Waals surface area (Å²) in [7, 11) is 0. The van der Waals surface area contributed by atoms with E-state index in [0.29, 0.717) is 9.75 Å². The Hall–Kier alpha value is -0.890. The smallest absolute Gasteiger partial charge is 0.114 e. The van der Waals surface area contributed by atoms with Crippen molar-refractivity contribution >= 4 is 11.3 Å². The topological polar surface area (TPSA) is 64.2 Å². The molecule has 0 radical (unpaired) electrons. The van der Waals surface area contributed by atoms with Crippen LogP contribution in [-0.4, -0.2) is 16.3 Å². The van der Waals surface area contributed by atoms with Crippen LogP contribution in [0.15, 0.2) is 12.1 Å². The Kier molecular flexibility index (Phi) is 2.82. The molecule has 2 N–H and O–H groups in total. The molecule has 0 saturated carbocycles. The molecule has 12 heavy (non-hydrogen) atoms. The first kappa shape index (κ1) is 9.20. The van der Waals surface area contributed by atoms with Crippen molar-refractivity contribution in [2.24, 2.45) is 0 Å². The summed E-state index contributed by atoms with van der Waals surface area (Å²) in [5, 5.41) is 26.9. The normalized spacial score (nSPS) is 15.2. The van der Waals surface area contributed by atoms with Gasteiger partial charge in [0, 0.05) is 4.88 Å². The summed E-state index contributed by atoms with van der Waals surface area (Å²) in [5.74, 6) is 0. The van der Waals surface area contributed by atoms with Gasteiger partial charge in [0.05, 0.1) is 6.10 Å². The Bertz CT molecular complexity index is 300. The number of nitrogens with zero attached hydrogens (tertiary/aromatic N) is 1. The molecule has 0 saturated heterocycles. The first-order valence-corrected chi connectivity index (χ1v) is 4.32. The molecule has 2 atom stereocenters. The van der Waals surface area contributed by atoms with E-state index in [-0.39, 0.29) is 0 Å². The number of aliphatic hydroxyl groups excluding tert-OH is 2. The predicted octanol–water partition coefficient (Wildman–Crippen LogP) is 1.03. The zero-order valence-corrected chi connectivity index (χ0v) is 7.38. The number of thiophene rings is 1. The minimum Gasteiger partial charge on any atom is -0.390 e. The van der Waals surface area contributed by atoms with E-state index in [1.54, 1.807) is 12.1 Å². The molecule has 0 aliphatic carbocycles. The molecule has 64 valence electrons. The van der Waals surface area contributed by atoms with Crippen LogP contribution in [0.3, 0.4) is 0 Å². The zero-order valence-electron chi connectivity index (χ0n) is 6.56. The second-order valence-corrected chi connectivity index (χ2v) is 3.61. The summed E-state index contributed by atoms with van der Waals surface area (Å²) in [5.41, 5.74) is 0. The maximum atomic E-state index is 9.36. The number of aliphatic hydroxyl groups is 2. The van der Waals surface area contributed by atoms with Gasteiger partial charge in [-0.3, -0.25) is 0 Å². The van der Waals surface area contributed by atoms with E-state index in [9.17, 15) is 5.11 Å². The number of hydrogen-bond donors (Lipinski definition) is 2. The third-order valence-corrected chi connectivity index (χ3v) is 2.55. The van der Waals surface area contributed by atoms with Crippen molar-refractivity contribution in [1.29, 1.82) is 5.26 Å². The summed E-state index contributed by atoms with van der Waals surface area (Å²) in [6, 6.07) is 5.25. The molecule has 1 rings (SSSR count). The van der Waals surface area contributed by atoms with Crippen molar-refractivity contribution in [1.82, 2.24) is 0 Å². The van der Waals surface area contributed by atoms with Crippen LogP contribution >= 0.6 is 11.3 Å². The van der Waals surface area contributed by atoms with E-state index >= 15 is 0 Å². The summed E-state index contributed by atoms with van der Waals surface area (Å²) in [6.07, 6.45) is -1.67. The summed E-state index contributed by atoms with van der Waals surface area (Å²) in [4.78, 5) is 1.17. The lowest BCUT2D eigenvalue weighted by Gasteiger charge is -2.10. The molecule has 0 amide bonds. The van der Waals surface area contributed by atoms with Gasteiger partial charge in [-0.05, 0) is 19.1 Å². The minimum atomic E-state index is -0.878. The van der Waals surface area contributed by atoms with Gasteiger partial charge in [-0.2, -0.15) is 5.26 Å². The Labute approximate surface area is 74.5 Å². The van der Waals surface area contributed by atoms with Gasteiger partial charge in [-0.1, -0.05) is 0 Å². The average molecular weight is 183 g/mol. The van der Waals surface area contributed by atoms with Crippen molar-refractivity contribution in [3.8, 4) is 6.07 Å². The van der Waals surface area contributed by atoms with Crippen LogP contribution in [0, 0.1) is 11.3 Å². The molecule has 1 aromatic rings. The average Bonchev–Trinajstić information content (AvgIpc) is 2.50. The minimum absolute atomic E-state index is 0.546. The monoisotopic (exact) mass is 183 g/mol. The van der Waals surface area contributed by atoms with Gasteiger partial charge in [0.25, 0.3) is 0 Å². The first-order chi connectivity index (χ1) is 5.65. The van der Waals surface area contributed by atoms with Crippen LogP contribution in [0.4, 0.5) is 0 Å². The molecule has 0 aliphatic heterocycles. The highest BCUT2D eigenvalue weighted by molar-refractivity contribution is 7.12. The molecule has 0 aliphatic rings. The van der Waals surface area contributed by atoms with Gasteiger partial charge in [0.15, 0.2) is 0 Å². The van der Waals surface area contributed by atoms with E-state index in [4.69, 9.17) is 10.4 Å². The fourth-order valence-corrected chi connectivity index (χ4v) is 1.70. The highest BCUT2D eigenvalue weighted by atomic mass is 32.1. The van der Waals surface area contributed by atoms with E-state index in [2.05, 4.69) is 0 Å². The molecule has 3 nitrogen and oxygen atoms in total. The lowest BCUT2D eigenvalue weighted by atomic mass is 10.2. The van der Waals surface area contributed by atoms with Crippen LogP contribution in [0.2, 0.25) is 0 Å². The van der Waals surface area contributed by atoms with Crippen LogP contribution in [0.1, 0.15) is 22.8 Å². The molecular weight excluding hydrogens is 174 g/mol. The Morgan fingerprint density at radius 1 is 1.50 bits per heavy atom. The Morgan fingerprint density at radius 2 is 2.17 bits per heavy atom. The largest absolute Gasteiger partial charge is 0.390 e. The second-order valence-electron chi connectivity index (χ2n) is 2.50.